The monoisotopic (exact) mass is 142 g/mol. The fraction of sp³-hybridized carbons (Fsp3) is 0.571. The Morgan fingerprint density at radius 1 is 1.70 bits per heavy atom. The van der Waals surface area contributed by atoms with E-state index in [-0.39, 0.29) is 6.79 Å². The molecule has 0 aromatic heterocycles. The number of rotatable bonds is 4. The first-order valence-electron chi connectivity index (χ1n) is 3.08. The predicted octanol–water partition coefficient (Wildman–Crippen LogP) is 1.82. The molecule has 0 radical (unpaired) electrons. The van der Waals surface area contributed by atoms with Gasteiger partial charge >= 0.3 is 5.70 Å². The molecule has 0 aromatic carbocycles. The summed E-state index contributed by atoms with van der Waals surface area (Å²) in [5.74, 6) is 0. The Bertz CT molecular complexity index is 146. The Hall–Kier alpha value is -1.01. The Kier molecular flexibility index (Phi) is 5.50. The first kappa shape index (κ1) is 8.99. The van der Waals surface area contributed by atoms with Crippen molar-refractivity contribution in [2.75, 3.05) is 13.4 Å². The average molecular weight is 142 g/mol. The van der Waals surface area contributed by atoms with Crippen LogP contribution in [0.25, 0.3) is 4.85 Å². The molecule has 0 spiro atoms. The van der Waals surface area contributed by atoms with E-state index in [0.29, 0.717) is 12.3 Å². The van der Waals surface area contributed by atoms with Crippen LogP contribution in [0.1, 0.15) is 13.8 Å². The van der Waals surface area contributed by atoms with E-state index >= 15 is 0 Å². The van der Waals surface area contributed by atoms with Gasteiger partial charge in [0.25, 0.3) is 6.57 Å². The Balaban J connectivity index is 3.27. The summed E-state index contributed by atoms with van der Waals surface area (Å²) >= 11 is 0. The number of hydrogen-bond donors (Lipinski definition) is 0. The molecule has 3 heteroatoms. The highest BCUT2D eigenvalue weighted by Gasteiger charge is 1.92. The molecule has 0 fully saturated rings. The van der Waals surface area contributed by atoms with Crippen LogP contribution in [0.4, 0.5) is 0 Å². The van der Waals surface area contributed by atoms with Crippen molar-refractivity contribution in [2.24, 2.45) is 0 Å². The van der Waals surface area contributed by atoms with Crippen LogP contribution in [-0.2, 0) is 9.47 Å². The summed E-state index contributed by atoms with van der Waals surface area (Å²) in [5, 5.41) is 0. The maximum Gasteiger partial charge on any atom is 0.347 e. The molecule has 0 aliphatic rings. The molecule has 0 heterocycles. The van der Waals surface area contributed by atoms with E-state index in [1.165, 1.54) is 6.26 Å². The van der Waals surface area contributed by atoms with E-state index in [1.807, 2.05) is 6.92 Å². The molecule has 56 valence electrons. The smallest absolute Gasteiger partial charge is 0.347 e. The van der Waals surface area contributed by atoms with Crippen molar-refractivity contribution in [3.05, 3.63) is 16.8 Å². The molecule has 0 amide bonds. The quantitative estimate of drug-likeness (QED) is 0.339. The number of nitrogens with zero attached hydrogens (tertiary/aromatic N) is 1. The molecule has 0 aromatic rings. The van der Waals surface area contributed by atoms with Crippen LogP contribution in [0.2, 0.25) is 0 Å². The van der Waals surface area contributed by atoms with Crippen LogP contribution in [0.3, 0.4) is 0 Å². The molecular formula is C7H12NO2+. The van der Waals surface area contributed by atoms with Gasteiger partial charge in [-0.2, -0.15) is 0 Å². The summed E-state index contributed by atoms with van der Waals surface area (Å²) in [4.78, 5) is 3.37. The molecule has 0 aliphatic heterocycles. The SMILES string of the molecule is C#[N+]/C(C)=C\OCOCC. The lowest BCUT2D eigenvalue weighted by atomic mass is 10.6. The topological polar surface area (TPSA) is 22.8 Å². The van der Waals surface area contributed by atoms with E-state index in [9.17, 15) is 0 Å². The second-order valence-electron chi connectivity index (χ2n) is 1.67. The Morgan fingerprint density at radius 3 is 2.90 bits per heavy atom. The van der Waals surface area contributed by atoms with Gasteiger partial charge in [0.05, 0.1) is 0 Å². The summed E-state index contributed by atoms with van der Waals surface area (Å²) in [6.07, 6.45) is 1.45. The van der Waals surface area contributed by atoms with E-state index in [2.05, 4.69) is 4.85 Å². The van der Waals surface area contributed by atoms with Crippen molar-refractivity contribution in [3.8, 4) is 6.57 Å². The van der Waals surface area contributed by atoms with Crippen molar-refractivity contribution in [1.29, 1.82) is 0 Å². The van der Waals surface area contributed by atoms with Gasteiger partial charge in [0.15, 0.2) is 13.1 Å². The van der Waals surface area contributed by atoms with Gasteiger partial charge in [0, 0.05) is 13.5 Å². The van der Waals surface area contributed by atoms with Gasteiger partial charge in [-0.1, -0.05) is 0 Å². The summed E-state index contributed by atoms with van der Waals surface area (Å²) in [5.41, 5.74) is 0.639. The van der Waals surface area contributed by atoms with E-state index in [0.717, 1.165) is 0 Å². The fourth-order valence-corrected chi connectivity index (χ4v) is 0.316. The number of hydrogen-bond acceptors (Lipinski definition) is 2. The van der Waals surface area contributed by atoms with Gasteiger partial charge in [-0.15, -0.1) is 0 Å². The molecule has 0 N–H and O–H groups in total. The lowest BCUT2D eigenvalue weighted by molar-refractivity contribution is -0.00566. The van der Waals surface area contributed by atoms with Crippen molar-refractivity contribution in [2.45, 2.75) is 13.8 Å². The minimum atomic E-state index is 0.253. The average Bonchev–Trinajstić information content (AvgIpc) is 1.98. The van der Waals surface area contributed by atoms with E-state index in [1.54, 1.807) is 6.92 Å². The van der Waals surface area contributed by atoms with Gasteiger partial charge in [-0.05, 0) is 11.8 Å². The minimum absolute atomic E-state index is 0.253. The van der Waals surface area contributed by atoms with E-state index in [4.69, 9.17) is 16.0 Å². The largest absolute Gasteiger partial charge is 0.467 e. The zero-order chi connectivity index (χ0) is 7.82. The molecule has 0 saturated heterocycles. The molecule has 0 aliphatic carbocycles. The molecule has 0 atom stereocenters. The summed E-state index contributed by atoms with van der Waals surface area (Å²) in [6, 6.07) is 0. The van der Waals surface area contributed by atoms with Crippen molar-refractivity contribution in [3.63, 3.8) is 0 Å². The van der Waals surface area contributed by atoms with Gasteiger partial charge in [-0.3, -0.25) is 0 Å². The highest BCUT2D eigenvalue weighted by molar-refractivity contribution is 5.04. The normalized spacial score (nSPS) is 10.7. The zero-order valence-electron chi connectivity index (χ0n) is 6.33. The maximum atomic E-state index is 4.92. The van der Waals surface area contributed by atoms with Gasteiger partial charge in [0.1, 0.15) is 0 Å². The van der Waals surface area contributed by atoms with Gasteiger partial charge in [-0.25, -0.2) is 0 Å². The summed E-state index contributed by atoms with van der Waals surface area (Å²) < 4.78 is 9.75. The predicted molar refractivity (Wildman–Crippen MR) is 39.6 cm³/mol. The third-order valence-electron chi connectivity index (χ3n) is 0.813. The number of ether oxygens (including phenoxy) is 2. The molecule has 0 unspecified atom stereocenters. The third kappa shape index (κ3) is 5.13. The zero-order valence-corrected chi connectivity index (χ0v) is 6.33. The molecular weight excluding hydrogens is 130 g/mol. The van der Waals surface area contributed by atoms with Crippen LogP contribution in [0.15, 0.2) is 12.0 Å². The number of allylic oxidation sites excluding steroid dienone is 1. The second kappa shape index (κ2) is 6.12. The molecule has 3 nitrogen and oxygen atoms in total. The van der Waals surface area contributed by atoms with Gasteiger partial charge < -0.3 is 9.47 Å². The third-order valence-corrected chi connectivity index (χ3v) is 0.813. The molecule has 10 heavy (non-hydrogen) atoms. The standard InChI is InChI=1S/C7H12NO2/c1-4-9-6-10-5-7(2)8-3/h3,5H,4,6H2,1-2H3/q+1/b7-5-. The Labute approximate surface area is 61.1 Å². The molecule has 0 saturated carbocycles. The summed E-state index contributed by atoms with van der Waals surface area (Å²) in [7, 11) is 0. The van der Waals surface area contributed by atoms with Gasteiger partial charge in [0.2, 0.25) is 0 Å². The maximum absolute atomic E-state index is 4.92. The summed E-state index contributed by atoms with van der Waals surface area (Å²) in [6.45, 7) is 9.46. The van der Waals surface area contributed by atoms with Crippen LogP contribution in [0.5, 0.6) is 0 Å². The molecule has 0 bridgehead atoms. The van der Waals surface area contributed by atoms with Crippen molar-refractivity contribution in [1.82, 2.24) is 0 Å². The first-order chi connectivity index (χ1) is 4.81. The molecule has 0 rings (SSSR count). The lowest BCUT2D eigenvalue weighted by Gasteiger charge is -1.96. The fourth-order valence-electron chi connectivity index (χ4n) is 0.316. The highest BCUT2D eigenvalue weighted by atomic mass is 16.7. The van der Waals surface area contributed by atoms with Crippen molar-refractivity contribution < 1.29 is 9.47 Å². The highest BCUT2D eigenvalue weighted by Crippen LogP contribution is 1.92. The van der Waals surface area contributed by atoms with Crippen LogP contribution in [0, 0.1) is 6.57 Å². The minimum Gasteiger partial charge on any atom is -0.467 e. The van der Waals surface area contributed by atoms with Crippen LogP contribution < -0.4 is 0 Å². The van der Waals surface area contributed by atoms with Crippen LogP contribution >= 0.6 is 0 Å². The van der Waals surface area contributed by atoms with E-state index < -0.39 is 0 Å². The lowest BCUT2D eigenvalue weighted by Crippen LogP contribution is -1.93. The Morgan fingerprint density at radius 2 is 2.40 bits per heavy atom. The second-order valence-corrected chi connectivity index (χ2v) is 1.67. The first-order valence-corrected chi connectivity index (χ1v) is 3.08. The van der Waals surface area contributed by atoms with Crippen LogP contribution in [-0.4, -0.2) is 13.4 Å². The van der Waals surface area contributed by atoms with Crippen molar-refractivity contribution >= 4 is 0 Å².